The molecule has 0 saturated carbocycles. The minimum Gasteiger partial charge on any atom is -0.490 e. The second-order valence-electron chi connectivity index (χ2n) is 12.4. The van der Waals surface area contributed by atoms with Gasteiger partial charge in [0.1, 0.15) is 40.9 Å². The molecule has 0 aromatic heterocycles. The molecule has 0 atom stereocenters. The highest BCUT2D eigenvalue weighted by Gasteiger charge is 2.29. The smallest absolute Gasteiger partial charge is 0.138 e. The Kier molecular flexibility index (Phi) is 10.7. The van der Waals surface area contributed by atoms with E-state index in [-0.39, 0.29) is 0 Å². The lowest BCUT2D eigenvalue weighted by atomic mass is 10.2. The summed E-state index contributed by atoms with van der Waals surface area (Å²) in [5.41, 5.74) is 7.17. The molecule has 0 bridgehead atoms. The Bertz CT molecular complexity index is 1680. The van der Waals surface area contributed by atoms with Gasteiger partial charge in [-0.15, -0.1) is 0 Å². The first kappa shape index (κ1) is 32.8. The van der Waals surface area contributed by atoms with E-state index < -0.39 is 16.1 Å². The van der Waals surface area contributed by atoms with Gasteiger partial charge in [0.05, 0.1) is 0 Å². The van der Waals surface area contributed by atoms with Gasteiger partial charge in [0.2, 0.25) is 0 Å². The molecule has 0 amide bonds. The van der Waals surface area contributed by atoms with Gasteiger partial charge >= 0.3 is 0 Å². The van der Waals surface area contributed by atoms with Crippen molar-refractivity contribution in [3.63, 3.8) is 0 Å². The zero-order valence-electron chi connectivity index (χ0n) is 27.7. The lowest BCUT2D eigenvalue weighted by molar-refractivity contribution is 0.217. The summed E-state index contributed by atoms with van der Waals surface area (Å²) in [6.07, 6.45) is 4.51. The van der Waals surface area contributed by atoms with E-state index >= 15 is 0 Å². The molecule has 238 valence electrons. The average molecular weight is 659 g/mol. The molecule has 2 nitrogen and oxygen atoms in total. The van der Waals surface area contributed by atoms with E-state index in [0.29, 0.717) is 13.2 Å². The van der Waals surface area contributed by atoms with Gasteiger partial charge in [0.25, 0.3) is 0 Å². The van der Waals surface area contributed by atoms with Crippen LogP contribution in [-0.4, -0.2) is 29.4 Å². The molecule has 6 aromatic rings. The first-order chi connectivity index (χ1) is 23.5. The molecule has 0 aliphatic heterocycles. The second kappa shape index (κ2) is 15.6. The predicted octanol–water partition coefficient (Wildman–Crippen LogP) is 8.04. The molecule has 0 aliphatic rings. The Balaban J connectivity index is 1.02. The first-order valence-electron chi connectivity index (χ1n) is 16.6. The summed E-state index contributed by atoms with van der Waals surface area (Å²) in [7, 11) is -4.06. The SMILES string of the molecule is C[Si](/C=C/c1ccc(OCCOc2ccc(/C=C/[Si](C)(c3ccccc3)c3ccccc3)cc2)cc1)(c1ccccc1)c1ccccc1. The van der Waals surface area contributed by atoms with E-state index in [1.165, 1.54) is 20.7 Å². The highest BCUT2D eigenvalue weighted by atomic mass is 28.3. The molecule has 0 fully saturated rings. The molecule has 0 heterocycles. The van der Waals surface area contributed by atoms with Gasteiger partial charge in [0, 0.05) is 0 Å². The maximum Gasteiger partial charge on any atom is 0.138 e. The normalized spacial score (nSPS) is 12.0. The summed E-state index contributed by atoms with van der Waals surface area (Å²) >= 11 is 0. The van der Waals surface area contributed by atoms with Crippen molar-refractivity contribution in [2.45, 2.75) is 13.1 Å². The topological polar surface area (TPSA) is 18.5 Å². The molecule has 0 spiro atoms. The lowest BCUT2D eigenvalue weighted by Gasteiger charge is -2.25. The predicted molar refractivity (Wildman–Crippen MR) is 209 cm³/mol. The number of ether oxygens (including phenoxy) is 2. The minimum atomic E-state index is -2.03. The van der Waals surface area contributed by atoms with Crippen LogP contribution in [0.1, 0.15) is 11.1 Å². The Morgan fingerprint density at radius 3 is 0.917 bits per heavy atom. The van der Waals surface area contributed by atoms with Crippen molar-refractivity contribution < 1.29 is 9.47 Å². The Labute approximate surface area is 287 Å². The van der Waals surface area contributed by atoms with Crippen LogP contribution in [0.2, 0.25) is 13.1 Å². The standard InChI is InChI=1S/C44H42O2Si2/c1-47(41-15-7-3-8-16-41,42-17-9-4-10-18-42)35-31-37-23-27-39(28-24-37)45-33-34-46-40-29-25-38(26-30-40)32-36-48(2,43-19-11-5-12-20-43)44-21-13-6-14-22-44/h3-32,35-36H,33-34H2,1-2H3/b35-31+,36-32+. The summed E-state index contributed by atoms with van der Waals surface area (Å²) in [6, 6.07) is 60.1. The molecular weight excluding hydrogens is 617 g/mol. The van der Waals surface area contributed by atoms with Crippen molar-refractivity contribution in [3.05, 3.63) is 192 Å². The van der Waals surface area contributed by atoms with Crippen molar-refractivity contribution in [3.8, 4) is 11.5 Å². The van der Waals surface area contributed by atoms with Crippen molar-refractivity contribution in [1.29, 1.82) is 0 Å². The number of hydrogen-bond acceptors (Lipinski definition) is 2. The van der Waals surface area contributed by atoms with E-state index in [1.807, 2.05) is 24.3 Å². The average Bonchev–Trinajstić information content (AvgIpc) is 3.17. The summed E-state index contributed by atoms with van der Waals surface area (Å²) in [6.45, 7) is 5.76. The van der Waals surface area contributed by atoms with Crippen molar-refractivity contribution in [2.75, 3.05) is 13.2 Å². The highest BCUT2D eigenvalue weighted by Crippen LogP contribution is 2.18. The fourth-order valence-corrected chi connectivity index (χ4v) is 12.1. The molecule has 0 N–H and O–H groups in total. The van der Waals surface area contributed by atoms with Gasteiger partial charge < -0.3 is 9.47 Å². The third-order valence-corrected chi connectivity index (χ3v) is 16.9. The summed E-state index contributed by atoms with van der Waals surface area (Å²) in [5.74, 6) is 1.68. The largest absolute Gasteiger partial charge is 0.490 e. The molecule has 0 aliphatic carbocycles. The maximum atomic E-state index is 6.00. The van der Waals surface area contributed by atoms with Gasteiger partial charge in [-0.3, -0.25) is 0 Å². The van der Waals surface area contributed by atoms with Crippen LogP contribution in [0.15, 0.2) is 181 Å². The third-order valence-electron chi connectivity index (χ3n) is 9.09. The number of rotatable bonds is 13. The molecular formula is C44H42O2Si2. The summed E-state index contributed by atoms with van der Waals surface area (Å²) < 4.78 is 12.0. The van der Waals surface area contributed by atoms with E-state index in [2.05, 4.69) is 182 Å². The highest BCUT2D eigenvalue weighted by molar-refractivity contribution is 7.05. The third kappa shape index (κ3) is 8.03. The fraction of sp³-hybridized carbons (Fsp3) is 0.0909. The molecule has 4 heteroatoms. The van der Waals surface area contributed by atoms with Crippen molar-refractivity contribution in [2.24, 2.45) is 0 Å². The van der Waals surface area contributed by atoms with E-state index in [9.17, 15) is 0 Å². The van der Waals surface area contributed by atoms with Crippen molar-refractivity contribution in [1.82, 2.24) is 0 Å². The molecule has 48 heavy (non-hydrogen) atoms. The van der Waals surface area contributed by atoms with Crippen LogP contribution < -0.4 is 30.2 Å². The molecule has 0 saturated heterocycles. The molecule has 0 radical (unpaired) electrons. The second-order valence-corrected chi connectivity index (χ2v) is 20.2. The zero-order chi connectivity index (χ0) is 33.1. The van der Waals surface area contributed by atoms with Crippen molar-refractivity contribution >= 4 is 49.0 Å². The summed E-state index contributed by atoms with van der Waals surface area (Å²) in [5, 5.41) is 5.59. The molecule has 0 unspecified atom stereocenters. The number of hydrogen-bond donors (Lipinski definition) is 0. The van der Waals surface area contributed by atoms with Gasteiger partial charge in [-0.05, 0) is 35.4 Å². The fourth-order valence-electron chi connectivity index (χ4n) is 6.05. The summed E-state index contributed by atoms with van der Waals surface area (Å²) in [4.78, 5) is 0. The van der Waals surface area contributed by atoms with Gasteiger partial charge in [-0.2, -0.15) is 0 Å². The first-order valence-corrected chi connectivity index (χ1v) is 21.7. The van der Waals surface area contributed by atoms with E-state index in [1.54, 1.807) is 0 Å². The van der Waals surface area contributed by atoms with Crippen LogP contribution in [-0.2, 0) is 0 Å². The Morgan fingerprint density at radius 2 is 0.646 bits per heavy atom. The lowest BCUT2D eigenvalue weighted by Crippen LogP contribution is -2.54. The Hall–Kier alpha value is -5.17. The van der Waals surface area contributed by atoms with Crippen LogP contribution in [0, 0.1) is 0 Å². The van der Waals surface area contributed by atoms with E-state index in [4.69, 9.17) is 9.47 Å². The molecule has 6 rings (SSSR count). The van der Waals surface area contributed by atoms with Crippen LogP contribution in [0.4, 0.5) is 0 Å². The van der Waals surface area contributed by atoms with Gasteiger partial charge in [-0.25, -0.2) is 0 Å². The van der Waals surface area contributed by atoms with Crippen LogP contribution in [0.5, 0.6) is 11.5 Å². The number of benzene rings is 6. The minimum absolute atomic E-state index is 0.474. The maximum absolute atomic E-state index is 6.00. The Morgan fingerprint density at radius 1 is 0.375 bits per heavy atom. The quantitative estimate of drug-likeness (QED) is 0.0924. The van der Waals surface area contributed by atoms with Crippen LogP contribution in [0.25, 0.3) is 12.2 Å². The zero-order valence-corrected chi connectivity index (χ0v) is 29.7. The van der Waals surface area contributed by atoms with Gasteiger partial charge in [0.15, 0.2) is 0 Å². The van der Waals surface area contributed by atoms with Crippen LogP contribution >= 0.6 is 0 Å². The van der Waals surface area contributed by atoms with Gasteiger partial charge in [-0.1, -0.05) is 203 Å². The van der Waals surface area contributed by atoms with E-state index in [0.717, 1.165) is 22.6 Å². The van der Waals surface area contributed by atoms with Crippen LogP contribution in [0.3, 0.4) is 0 Å². The monoisotopic (exact) mass is 658 g/mol. The molecule has 6 aromatic carbocycles.